The zero-order valence-corrected chi connectivity index (χ0v) is 17.7. The number of rotatable bonds is 5. The molecule has 2 bridgehead atoms. The molecule has 2 aliphatic carbocycles. The van der Waals surface area contributed by atoms with Crippen molar-refractivity contribution in [1.29, 1.82) is 0 Å². The molecule has 0 radical (unpaired) electrons. The number of benzene rings is 1. The highest BCUT2D eigenvalue weighted by Crippen LogP contribution is 2.70. The minimum absolute atomic E-state index is 0.0138. The van der Waals surface area contributed by atoms with Gasteiger partial charge in [-0.25, -0.2) is 0 Å². The zero-order valence-electron chi connectivity index (χ0n) is 17.7. The second kappa shape index (κ2) is 6.94. The van der Waals surface area contributed by atoms with Crippen LogP contribution in [-0.2, 0) is 9.53 Å². The van der Waals surface area contributed by atoms with Crippen molar-refractivity contribution < 1.29 is 19.0 Å². The Balaban J connectivity index is 1.71. The first kappa shape index (κ1) is 19.6. The van der Waals surface area contributed by atoms with Crippen LogP contribution in [0.15, 0.2) is 18.2 Å². The van der Waals surface area contributed by atoms with Gasteiger partial charge < -0.3 is 19.5 Å². The lowest BCUT2D eigenvalue weighted by Crippen LogP contribution is -2.58. The first-order valence-corrected chi connectivity index (χ1v) is 10.5. The lowest BCUT2D eigenvalue weighted by Gasteiger charge is -2.53. The quantitative estimate of drug-likeness (QED) is 0.826. The summed E-state index contributed by atoms with van der Waals surface area (Å²) in [7, 11) is 3.36. The van der Waals surface area contributed by atoms with Crippen LogP contribution in [0.25, 0.3) is 0 Å². The van der Waals surface area contributed by atoms with Gasteiger partial charge in [-0.1, -0.05) is 20.8 Å². The number of fused-ring (bicyclic) bond motifs is 1. The van der Waals surface area contributed by atoms with E-state index in [4.69, 9.17) is 14.2 Å². The van der Waals surface area contributed by atoms with E-state index in [9.17, 15) is 4.79 Å². The average molecular weight is 388 g/mol. The highest BCUT2D eigenvalue weighted by atomic mass is 16.5. The van der Waals surface area contributed by atoms with Crippen LogP contribution in [0.5, 0.6) is 11.5 Å². The number of amides is 1. The lowest BCUT2D eigenvalue weighted by atomic mass is 9.59. The van der Waals surface area contributed by atoms with E-state index in [-0.39, 0.29) is 28.9 Å². The maximum Gasteiger partial charge on any atom is 0.219 e. The summed E-state index contributed by atoms with van der Waals surface area (Å²) in [5, 5.41) is 3.41. The molecule has 1 amide bonds. The summed E-state index contributed by atoms with van der Waals surface area (Å²) in [4.78, 5) is 12.3. The maximum absolute atomic E-state index is 12.3. The Labute approximate surface area is 168 Å². The Morgan fingerprint density at radius 1 is 1.21 bits per heavy atom. The van der Waals surface area contributed by atoms with Crippen LogP contribution in [0.4, 0.5) is 0 Å². The van der Waals surface area contributed by atoms with E-state index >= 15 is 0 Å². The number of hydrogen-bond donors (Lipinski definition) is 1. The number of carbonyl (C=O) groups excluding carboxylic acids is 1. The maximum atomic E-state index is 12.3. The molecule has 3 aliphatic rings. The molecule has 5 nitrogen and oxygen atoms in total. The first-order valence-electron chi connectivity index (χ1n) is 10.5. The van der Waals surface area contributed by atoms with Crippen molar-refractivity contribution in [2.45, 2.75) is 58.6 Å². The molecule has 5 heteroatoms. The van der Waals surface area contributed by atoms with Gasteiger partial charge >= 0.3 is 0 Å². The van der Waals surface area contributed by atoms with E-state index in [1.165, 1.54) is 6.42 Å². The predicted molar refractivity (Wildman–Crippen MR) is 108 cm³/mol. The van der Waals surface area contributed by atoms with Crippen molar-refractivity contribution >= 4 is 5.91 Å². The van der Waals surface area contributed by atoms with Gasteiger partial charge in [0.1, 0.15) is 11.5 Å². The number of methoxy groups -OCH3 is 2. The molecular formula is C23H33NO4. The van der Waals surface area contributed by atoms with Crippen LogP contribution < -0.4 is 14.8 Å². The summed E-state index contributed by atoms with van der Waals surface area (Å²) in [6.45, 7) is 7.33. The molecule has 154 valence electrons. The predicted octanol–water partition coefficient (Wildman–Crippen LogP) is 4.11. The normalized spacial score (nSPS) is 35.3. The monoisotopic (exact) mass is 387 g/mol. The largest absolute Gasteiger partial charge is 0.497 e. The summed E-state index contributed by atoms with van der Waals surface area (Å²) in [5.74, 6) is 2.74. The van der Waals surface area contributed by atoms with Gasteiger partial charge in [0.2, 0.25) is 5.91 Å². The molecular weight excluding hydrogens is 354 g/mol. The minimum atomic E-state index is 0.0138. The van der Waals surface area contributed by atoms with Crippen molar-refractivity contribution in [2.24, 2.45) is 22.7 Å². The third-order valence-corrected chi connectivity index (χ3v) is 7.83. The molecule has 1 spiro atoms. The molecule has 1 aromatic carbocycles. The van der Waals surface area contributed by atoms with Crippen molar-refractivity contribution in [1.82, 2.24) is 5.32 Å². The number of nitrogens with one attached hydrogen (secondary N) is 1. The Hall–Kier alpha value is -1.75. The topological polar surface area (TPSA) is 56.8 Å². The van der Waals surface area contributed by atoms with E-state index in [0.717, 1.165) is 36.5 Å². The van der Waals surface area contributed by atoms with Gasteiger partial charge in [0.05, 0.1) is 20.3 Å². The van der Waals surface area contributed by atoms with Crippen molar-refractivity contribution in [3.05, 3.63) is 23.8 Å². The molecule has 1 aliphatic heterocycles. The van der Waals surface area contributed by atoms with Gasteiger partial charge in [-0.2, -0.15) is 0 Å². The highest BCUT2D eigenvalue weighted by molar-refractivity contribution is 5.76. The van der Waals surface area contributed by atoms with Crippen molar-refractivity contribution in [2.75, 3.05) is 20.8 Å². The molecule has 1 N–H and O–H groups in total. The van der Waals surface area contributed by atoms with Crippen LogP contribution in [-0.4, -0.2) is 32.8 Å². The van der Waals surface area contributed by atoms with Crippen molar-refractivity contribution in [3.8, 4) is 11.5 Å². The average Bonchev–Trinajstić information content (AvgIpc) is 3.19. The molecule has 28 heavy (non-hydrogen) atoms. The second-order valence-electron chi connectivity index (χ2n) is 9.34. The molecule has 1 heterocycles. The molecule has 0 aromatic heterocycles. The first-order chi connectivity index (χ1) is 13.4. The fourth-order valence-corrected chi connectivity index (χ4v) is 6.37. The van der Waals surface area contributed by atoms with E-state index < -0.39 is 0 Å². The number of carbonyl (C=O) groups is 1. The van der Waals surface area contributed by atoms with Crippen LogP contribution >= 0.6 is 0 Å². The summed E-state index contributed by atoms with van der Waals surface area (Å²) >= 11 is 0. The SMILES string of the molecule is CCC(=O)N[C@H]1C(C)(C)[C@@H]2C[C@@H]3[C@@H](c4cc(OC)cc(OC)c4)OCC[C@@]31C2. The lowest BCUT2D eigenvalue weighted by molar-refractivity contribution is -0.137. The third-order valence-electron chi connectivity index (χ3n) is 7.83. The fourth-order valence-electron chi connectivity index (χ4n) is 6.37. The van der Waals surface area contributed by atoms with Gasteiger partial charge in [0, 0.05) is 25.1 Å². The molecule has 3 fully saturated rings. The van der Waals surface area contributed by atoms with Crippen molar-refractivity contribution in [3.63, 3.8) is 0 Å². The molecule has 1 aromatic rings. The Kier molecular flexibility index (Phi) is 4.85. The number of ether oxygens (including phenoxy) is 3. The molecule has 1 saturated heterocycles. The highest BCUT2D eigenvalue weighted by Gasteiger charge is 2.68. The Morgan fingerprint density at radius 2 is 1.89 bits per heavy atom. The number of hydrogen-bond acceptors (Lipinski definition) is 4. The Bertz CT molecular complexity index is 739. The molecule has 2 saturated carbocycles. The van der Waals surface area contributed by atoms with Gasteiger partial charge in [0.15, 0.2) is 0 Å². The summed E-state index contributed by atoms with van der Waals surface area (Å²) in [5.41, 5.74) is 1.35. The fraction of sp³-hybridized carbons (Fsp3) is 0.696. The van der Waals surface area contributed by atoms with E-state index in [2.05, 4.69) is 31.3 Å². The summed E-state index contributed by atoms with van der Waals surface area (Å²) in [6.07, 6.45) is 3.89. The standard InChI is InChI=1S/C23H33NO4/c1-6-19(25)24-21-22(2,3)15-11-18-20(28-8-7-23(18,21)13-15)14-9-16(26-4)12-17(10-14)27-5/h9-10,12,15,18,20-21H,6-8,11,13H2,1-5H3,(H,24,25)/t15-,18-,20-,21+,23-/m1/s1. The summed E-state index contributed by atoms with van der Waals surface area (Å²) in [6, 6.07) is 6.25. The van der Waals surface area contributed by atoms with E-state index in [0.29, 0.717) is 18.3 Å². The van der Waals surface area contributed by atoms with Gasteiger partial charge in [0.25, 0.3) is 0 Å². The van der Waals surface area contributed by atoms with Gasteiger partial charge in [-0.15, -0.1) is 0 Å². The van der Waals surface area contributed by atoms with Crippen LogP contribution in [0.1, 0.15) is 58.1 Å². The van der Waals surface area contributed by atoms with E-state index in [1.54, 1.807) is 14.2 Å². The van der Waals surface area contributed by atoms with E-state index in [1.807, 2.05) is 13.0 Å². The third kappa shape index (κ3) is 2.81. The zero-order chi connectivity index (χ0) is 20.1. The minimum Gasteiger partial charge on any atom is -0.497 e. The molecule has 5 atom stereocenters. The Morgan fingerprint density at radius 3 is 2.50 bits per heavy atom. The second-order valence-corrected chi connectivity index (χ2v) is 9.34. The van der Waals surface area contributed by atoms with Crippen LogP contribution in [0.3, 0.4) is 0 Å². The van der Waals surface area contributed by atoms with Gasteiger partial charge in [-0.05, 0) is 59.6 Å². The smallest absolute Gasteiger partial charge is 0.219 e. The van der Waals surface area contributed by atoms with Crippen LogP contribution in [0, 0.1) is 22.7 Å². The molecule has 4 rings (SSSR count). The molecule has 0 unspecified atom stereocenters. The van der Waals surface area contributed by atoms with Crippen LogP contribution in [0.2, 0.25) is 0 Å². The van der Waals surface area contributed by atoms with Gasteiger partial charge in [-0.3, -0.25) is 4.79 Å². The summed E-state index contributed by atoms with van der Waals surface area (Å²) < 4.78 is 17.3.